The Morgan fingerprint density at radius 1 is 1.16 bits per heavy atom. The molecule has 0 N–H and O–H groups in total. The highest BCUT2D eigenvalue weighted by Gasteiger charge is 2.11. The summed E-state index contributed by atoms with van der Waals surface area (Å²) in [4.78, 5) is 0. The minimum Gasteiger partial charge on any atom is -0.484 e. The van der Waals surface area contributed by atoms with Crippen LogP contribution in [0.5, 0.6) is 5.75 Å². The third-order valence-corrected chi connectivity index (χ3v) is 5.07. The minimum atomic E-state index is -0.247. The number of ether oxygens (including phenoxy) is 1. The third-order valence-electron chi connectivity index (χ3n) is 3.43. The van der Waals surface area contributed by atoms with E-state index in [0.717, 1.165) is 10.7 Å². The second-order valence-electron chi connectivity index (χ2n) is 5.24. The van der Waals surface area contributed by atoms with Crippen LogP contribution in [0.2, 0.25) is 10.0 Å². The predicted molar refractivity (Wildman–Crippen MR) is 97.8 cm³/mol. The number of hydrogen-bond donors (Lipinski definition) is 0. The molecule has 0 fully saturated rings. The zero-order chi connectivity index (χ0) is 17.8. The molecule has 0 bridgehead atoms. The van der Waals surface area contributed by atoms with E-state index in [0.29, 0.717) is 27.4 Å². The van der Waals surface area contributed by atoms with Crippen LogP contribution in [0.15, 0.2) is 47.6 Å². The van der Waals surface area contributed by atoms with Gasteiger partial charge in [-0.15, -0.1) is 10.2 Å². The van der Waals surface area contributed by atoms with Gasteiger partial charge >= 0.3 is 0 Å². The van der Waals surface area contributed by atoms with Gasteiger partial charge in [0.25, 0.3) is 0 Å². The molecule has 0 saturated heterocycles. The summed E-state index contributed by atoms with van der Waals surface area (Å²) >= 11 is 13.5. The Morgan fingerprint density at radius 3 is 2.80 bits per heavy atom. The molecule has 25 heavy (non-hydrogen) atoms. The number of rotatable bonds is 6. The van der Waals surface area contributed by atoms with E-state index in [4.69, 9.17) is 27.9 Å². The van der Waals surface area contributed by atoms with Gasteiger partial charge < -0.3 is 9.30 Å². The van der Waals surface area contributed by atoms with Crippen LogP contribution >= 0.6 is 35.0 Å². The molecule has 0 aliphatic carbocycles. The standard InChI is InChI=1S/C17H14Cl2FN3OS/c1-23-16(9-24-15-8-12(18)5-6-14(15)19)21-22-17(23)25-10-11-3-2-4-13(20)7-11/h2-8H,9-10H2,1H3. The van der Waals surface area contributed by atoms with Crippen LogP contribution in [0, 0.1) is 5.82 Å². The van der Waals surface area contributed by atoms with Crippen molar-refractivity contribution in [2.75, 3.05) is 0 Å². The van der Waals surface area contributed by atoms with Crippen molar-refractivity contribution < 1.29 is 9.13 Å². The van der Waals surface area contributed by atoms with E-state index >= 15 is 0 Å². The molecule has 0 amide bonds. The SMILES string of the molecule is Cn1c(COc2cc(Cl)ccc2Cl)nnc1SCc1cccc(F)c1. The molecule has 4 nitrogen and oxygen atoms in total. The van der Waals surface area contributed by atoms with Gasteiger partial charge in [0.2, 0.25) is 0 Å². The average molecular weight is 398 g/mol. The summed E-state index contributed by atoms with van der Waals surface area (Å²) < 4.78 is 20.7. The maximum atomic E-state index is 13.2. The molecule has 1 heterocycles. The zero-order valence-electron chi connectivity index (χ0n) is 13.2. The van der Waals surface area contributed by atoms with Crippen molar-refractivity contribution in [3.05, 3.63) is 69.7 Å². The number of aromatic nitrogens is 3. The predicted octanol–water partition coefficient (Wildman–Crippen LogP) is 5.13. The number of nitrogens with zero attached hydrogens (tertiary/aromatic N) is 3. The average Bonchev–Trinajstić information content (AvgIpc) is 2.94. The second kappa shape index (κ2) is 8.08. The highest BCUT2D eigenvalue weighted by atomic mass is 35.5. The first kappa shape index (κ1) is 18.0. The van der Waals surface area contributed by atoms with Gasteiger partial charge in [-0.3, -0.25) is 0 Å². The first-order valence-corrected chi connectivity index (χ1v) is 9.10. The van der Waals surface area contributed by atoms with E-state index in [1.807, 2.05) is 17.7 Å². The van der Waals surface area contributed by atoms with E-state index in [9.17, 15) is 4.39 Å². The summed E-state index contributed by atoms with van der Waals surface area (Å²) in [6, 6.07) is 11.5. The summed E-state index contributed by atoms with van der Waals surface area (Å²) in [5.74, 6) is 1.50. The van der Waals surface area contributed by atoms with Crippen molar-refractivity contribution in [3.8, 4) is 5.75 Å². The minimum absolute atomic E-state index is 0.212. The highest BCUT2D eigenvalue weighted by Crippen LogP contribution is 2.28. The van der Waals surface area contributed by atoms with Crippen LogP contribution in [0.3, 0.4) is 0 Å². The van der Waals surface area contributed by atoms with Crippen LogP contribution in [0.1, 0.15) is 11.4 Å². The van der Waals surface area contributed by atoms with Crippen LogP contribution in [0.4, 0.5) is 4.39 Å². The molecule has 0 aliphatic heterocycles. The number of thioether (sulfide) groups is 1. The fourth-order valence-electron chi connectivity index (χ4n) is 2.10. The zero-order valence-corrected chi connectivity index (χ0v) is 15.6. The summed E-state index contributed by atoms with van der Waals surface area (Å²) in [5, 5.41) is 10.0. The molecule has 130 valence electrons. The van der Waals surface area contributed by atoms with E-state index < -0.39 is 0 Å². The van der Waals surface area contributed by atoms with Crippen LogP contribution in [-0.4, -0.2) is 14.8 Å². The molecule has 8 heteroatoms. The van der Waals surface area contributed by atoms with Crippen molar-refractivity contribution in [2.24, 2.45) is 7.05 Å². The van der Waals surface area contributed by atoms with Crippen LogP contribution in [0.25, 0.3) is 0 Å². The molecule has 3 aromatic rings. The van der Waals surface area contributed by atoms with Crippen LogP contribution in [-0.2, 0) is 19.4 Å². The molecule has 0 aliphatic rings. The Balaban J connectivity index is 1.63. The van der Waals surface area contributed by atoms with E-state index in [1.54, 1.807) is 24.3 Å². The maximum absolute atomic E-state index is 13.2. The monoisotopic (exact) mass is 397 g/mol. The lowest BCUT2D eigenvalue weighted by atomic mass is 10.2. The van der Waals surface area contributed by atoms with E-state index in [1.165, 1.54) is 23.9 Å². The summed E-state index contributed by atoms with van der Waals surface area (Å²) in [6.45, 7) is 0.212. The first-order chi connectivity index (χ1) is 12.0. The Bertz CT molecular complexity index is 888. The van der Waals surface area contributed by atoms with Gasteiger partial charge in [-0.2, -0.15) is 0 Å². The Morgan fingerprint density at radius 2 is 2.00 bits per heavy atom. The Hall–Kier alpha value is -1.76. The van der Waals surface area contributed by atoms with Crippen molar-refractivity contribution >= 4 is 35.0 Å². The maximum Gasteiger partial charge on any atom is 0.191 e. The molecular formula is C17H14Cl2FN3OS. The molecular weight excluding hydrogens is 384 g/mol. The van der Waals surface area contributed by atoms with Gasteiger partial charge in [-0.1, -0.05) is 47.1 Å². The fraction of sp³-hybridized carbons (Fsp3) is 0.176. The third kappa shape index (κ3) is 4.66. The lowest BCUT2D eigenvalue weighted by Gasteiger charge is -2.08. The van der Waals surface area contributed by atoms with Crippen molar-refractivity contribution in [1.82, 2.24) is 14.8 Å². The molecule has 0 unspecified atom stereocenters. The topological polar surface area (TPSA) is 39.9 Å². The van der Waals surface area contributed by atoms with Crippen molar-refractivity contribution in [2.45, 2.75) is 17.5 Å². The Labute approximate surface area is 158 Å². The molecule has 0 spiro atoms. The summed E-state index contributed by atoms with van der Waals surface area (Å²) in [7, 11) is 1.85. The molecule has 0 radical (unpaired) electrons. The van der Waals surface area contributed by atoms with Gasteiger partial charge in [0.05, 0.1) is 5.02 Å². The van der Waals surface area contributed by atoms with Crippen LogP contribution < -0.4 is 4.74 Å². The van der Waals surface area contributed by atoms with Gasteiger partial charge in [0.15, 0.2) is 11.0 Å². The van der Waals surface area contributed by atoms with Crippen molar-refractivity contribution in [3.63, 3.8) is 0 Å². The number of halogens is 3. The van der Waals surface area contributed by atoms with Gasteiger partial charge in [-0.05, 0) is 29.8 Å². The quantitative estimate of drug-likeness (QED) is 0.540. The highest BCUT2D eigenvalue weighted by molar-refractivity contribution is 7.98. The fourth-order valence-corrected chi connectivity index (χ4v) is 3.31. The summed E-state index contributed by atoms with van der Waals surface area (Å²) in [5.41, 5.74) is 0.886. The molecule has 0 atom stereocenters. The van der Waals surface area contributed by atoms with Gasteiger partial charge in [0, 0.05) is 23.9 Å². The van der Waals surface area contributed by atoms with Gasteiger partial charge in [0.1, 0.15) is 18.2 Å². The smallest absolute Gasteiger partial charge is 0.191 e. The lowest BCUT2D eigenvalue weighted by molar-refractivity contribution is 0.290. The molecule has 2 aromatic carbocycles. The van der Waals surface area contributed by atoms with E-state index in [2.05, 4.69) is 10.2 Å². The van der Waals surface area contributed by atoms with E-state index in [-0.39, 0.29) is 12.4 Å². The molecule has 1 aromatic heterocycles. The van der Waals surface area contributed by atoms with Gasteiger partial charge in [-0.25, -0.2) is 4.39 Å². The number of hydrogen-bond acceptors (Lipinski definition) is 4. The first-order valence-electron chi connectivity index (χ1n) is 7.36. The second-order valence-corrected chi connectivity index (χ2v) is 7.03. The molecule has 0 saturated carbocycles. The Kier molecular flexibility index (Phi) is 5.83. The number of benzene rings is 2. The summed E-state index contributed by atoms with van der Waals surface area (Å²) in [6.07, 6.45) is 0. The molecule has 3 rings (SSSR count). The largest absolute Gasteiger partial charge is 0.484 e. The normalized spacial score (nSPS) is 10.9. The van der Waals surface area contributed by atoms with Crippen molar-refractivity contribution in [1.29, 1.82) is 0 Å². The lowest BCUT2D eigenvalue weighted by Crippen LogP contribution is -2.04.